The van der Waals surface area contributed by atoms with Crippen LogP contribution in [-0.2, 0) is 0 Å². The summed E-state index contributed by atoms with van der Waals surface area (Å²) in [5, 5.41) is 8.79. The molecule has 0 bridgehead atoms. The van der Waals surface area contributed by atoms with Gasteiger partial charge in [-0.15, -0.1) is 10.2 Å². The molecule has 0 aliphatic rings. The fourth-order valence-electron chi connectivity index (χ4n) is 1.58. The first kappa shape index (κ1) is 13.9. The Hall–Kier alpha value is -1.53. The summed E-state index contributed by atoms with van der Waals surface area (Å²) in [6, 6.07) is 7.53. The van der Waals surface area contributed by atoms with E-state index >= 15 is 0 Å². The minimum atomic E-state index is -0.344. The van der Waals surface area contributed by atoms with Crippen molar-refractivity contribution in [2.75, 3.05) is 5.84 Å². The van der Waals surface area contributed by atoms with Gasteiger partial charge < -0.3 is 5.84 Å². The van der Waals surface area contributed by atoms with Crippen molar-refractivity contribution < 1.29 is 0 Å². The Balaban J connectivity index is 2.30. The lowest BCUT2D eigenvalue weighted by molar-refractivity contribution is 0.679. The van der Waals surface area contributed by atoms with Crippen molar-refractivity contribution in [3.8, 4) is 0 Å². The summed E-state index contributed by atoms with van der Waals surface area (Å²) < 4.78 is 1.01. The monoisotopic (exact) mass is 296 g/mol. The average molecular weight is 297 g/mol. The zero-order chi connectivity index (χ0) is 14.0. The molecule has 0 aliphatic heterocycles. The van der Waals surface area contributed by atoms with Crippen molar-refractivity contribution in [1.29, 1.82) is 0 Å². The molecule has 0 aliphatic carbocycles. The van der Waals surface area contributed by atoms with Gasteiger partial charge in [-0.25, -0.2) is 0 Å². The summed E-state index contributed by atoms with van der Waals surface area (Å²) in [5.41, 5.74) is 0.894. The molecule has 0 amide bonds. The SMILES string of the molecule is Cc1nnc(S[C@@H](C)c2ccccc2Cl)n(N)c1=O. The van der Waals surface area contributed by atoms with Crippen molar-refractivity contribution in [1.82, 2.24) is 14.9 Å². The fourth-order valence-corrected chi connectivity index (χ4v) is 2.87. The number of aromatic nitrogens is 3. The highest BCUT2D eigenvalue weighted by Gasteiger charge is 2.15. The topological polar surface area (TPSA) is 73.8 Å². The molecule has 5 nitrogen and oxygen atoms in total. The molecule has 19 heavy (non-hydrogen) atoms. The summed E-state index contributed by atoms with van der Waals surface area (Å²) in [5.74, 6) is 5.70. The first-order chi connectivity index (χ1) is 9.00. The summed E-state index contributed by atoms with van der Waals surface area (Å²) in [7, 11) is 0. The van der Waals surface area contributed by atoms with E-state index in [1.165, 1.54) is 11.8 Å². The molecule has 1 atom stereocenters. The van der Waals surface area contributed by atoms with E-state index in [2.05, 4.69) is 10.2 Å². The molecule has 0 radical (unpaired) electrons. The molecule has 0 saturated heterocycles. The third-order valence-electron chi connectivity index (χ3n) is 2.65. The second-order valence-corrected chi connectivity index (χ2v) is 5.74. The first-order valence-corrected chi connectivity index (χ1v) is 6.89. The second kappa shape index (κ2) is 5.63. The van der Waals surface area contributed by atoms with Crippen molar-refractivity contribution in [2.24, 2.45) is 0 Å². The molecule has 1 heterocycles. The van der Waals surface area contributed by atoms with Crippen LogP contribution >= 0.6 is 23.4 Å². The van der Waals surface area contributed by atoms with E-state index in [4.69, 9.17) is 17.4 Å². The highest BCUT2D eigenvalue weighted by Crippen LogP contribution is 2.35. The molecule has 2 rings (SSSR count). The number of halogens is 1. The fraction of sp³-hybridized carbons (Fsp3) is 0.250. The van der Waals surface area contributed by atoms with Crippen LogP contribution < -0.4 is 11.4 Å². The zero-order valence-electron chi connectivity index (χ0n) is 10.5. The molecule has 7 heteroatoms. The van der Waals surface area contributed by atoms with E-state index in [1.807, 2.05) is 31.2 Å². The number of nitrogens with zero attached hydrogens (tertiary/aromatic N) is 3. The molecule has 0 saturated carbocycles. The maximum atomic E-state index is 11.7. The Kier molecular flexibility index (Phi) is 4.11. The van der Waals surface area contributed by atoms with Gasteiger partial charge in [-0.2, -0.15) is 4.68 Å². The van der Waals surface area contributed by atoms with Gasteiger partial charge in [0.25, 0.3) is 5.56 Å². The second-order valence-electron chi connectivity index (χ2n) is 4.02. The lowest BCUT2D eigenvalue weighted by atomic mass is 10.2. The first-order valence-electron chi connectivity index (χ1n) is 5.63. The average Bonchev–Trinajstić information content (AvgIpc) is 2.40. The van der Waals surface area contributed by atoms with E-state index in [9.17, 15) is 4.79 Å². The third-order valence-corrected chi connectivity index (χ3v) is 4.09. The van der Waals surface area contributed by atoms with Crippen molar-refractivity contribution in [3.63, 3.8) is 0 Å². The van der Waals surface area contributed by atoms with Crippen LogP contribution in [0.25, 0.3) is 0 Å². The van der Waals surface area contributed by atoms with E-state index in [0.717, 1.165) is 10.2 Å². The lowest BCUT2D eigenvalue weighted by Gasteiger charge is -2.13. The molecule has 1 aromatic carbocycles. The van der Waals surface area contributed by atoms with Gasteiger partial charge in [-0.05, 0) is 25.5 Å². The van der Waals surface area contributed by atoms with Crippen LogP contribution in [0.15, 0.2) is 34.2 Å². The Morgan fingerprint density at radius 2 is 2.05 bits per heavy atom. The minimum absolute atomic E-state index is 0.0138. The van der Waals surface area contributed by atoms with Crippen molar-refractivity contribution in [2.45, 2.75) is 24.3 Å². The van der Waals surface area contributed by atoms with Crippen LogP contribution in [0.4, 0.5) is 0 Å². The maximum absolute atomic E-state index is 11.7. The van der Waals surface area contributed by atoms with Crippen LogP contribution in [-0.4, -0.2) is 14.9 Å². The summed E-state index contributed by atoms with van der Waals surface area (Å²) >= 11 is 7.47. The lowest BCUT2D eigenvalue weighted by Crippen LogP contribution is -2.32. The minimum Gasteiger partial charge on any atom is -0.334 e. The summed E-state index contributed by atoms with van der Waals surface area (Å²) in [6.45, 7) is 3.54. The van der Waals surface area contributed by atoms with Crippen LogP contribution in [0.1, 0.15) is 23.4 Å². The molecule has 100 valence electrons. The predicted molar refractivity (Wildman–Crippen MR) is 76.9 cm³/mol. The van der Waals surface area contributed by atoms with E-state index in [1.54, 1.807) is 6.92 Å². The van der Waals surface area contributed by atoms with Gasteiger partial charge in [0.15, 0.2) is 0 Å². The van der Waals surface area contributed by atoms with Crippen LogP contribution in [0.2, 0.25) is 5.02 Å². The molecular formula is C12H13ClN4OS. The number of rotatable bonds is 3. The Morgan fingerprint density at radius 3 is 2.74 bits per heavy atom. The highest BCUT2D eigenvalue weighted by molar-refractivity contribution is 7.99. The van der Waals surface area contributed by atoms with Gasteiger partial charge in [0.05, 0.1) is 0 Å². The molecule has 2 aromatic rings. The smallest absolute Gasteiger partial charge is 0.294 e. The van der Waals surface area contributed by atoms with Crippen molar-refractivity contribution in [3.05, 3.63) is 50.9 Å². The number of benzene rings is 1. The zero-order valence-corrected chi connectivity index (χ0v) is 12.1. The number of nitrogen functional groups attached to an aromatic ring is 1. The van der Waals surface area contributed by atoms with Gasteiger partial charge in [0, 0.05) is 10.3 Å². The predicted octanol–water partition coefficient (Wildman–Crippen LogP) is 2.17. The van der Waals surface area contributed by atoms with Crippen LogP contribution in [0.5, 0.6) is 0 Å². The Bertz CT molecular complexity index is 658. The van der Waals surface area contributed by atoms with Crippen molar-refractivity contribution >= 4 is 23.4 Å². The van der Waals surface area contributed by atoms with Crippen LogP contribution in [0, 0.1) is 6.92 Å². The number of thioether (sulfide) groups is 1. The molecule has 0 unspecified atom stereocenters. The molecule has 0 fully saturated rings. The standard InChI is InChI=1S/C12H13ClN4OS/c1-7-11(18)17(14)12(16-15-7)19-8(2)9-5-3-4-6-10(9)13/h3-6,8H,14H2,1-2H3/t8-/m0/s1. The number of nitrogens with two attached hydrogens (primary N) is 1. The van der Waals surface area contributed by atoms with E-state index < -0.39 is 0 Å². The van der Waals surface area contributed by atoms with Crippen LogP contribution in [0.3, 0.4) is 0 Å². The highest BCUT2D eigenvalue weighted by atomic mass is 35.5. The number of aryl methyl sites for hydroxylation is 1. The summed E-state index contributed by atoms with van der Waals surface area (Å²) in [4.78, 5) is 11.7. The van der Waals surface area contributed by atoms with E-state index in [0.29, 0.717) is 10.2 Å². The normalized spacial score (nSPS) is 12.4. The van der Waals surface area contributed by atoms with E-state index in [-0.39, 0.29) is 16.5 Å². The summed E-state index contributed by atoms with van der Waals surface area (Å²) in [6.07, 6.45) is 0. The third kappa shape index (κ3) is 2.90. The Morgan fingerprint density at radius 1 is 1.37 bits per heavy atom. The van der Waals surface area contributed by atoms with Gasteiger partial charge in [-0.3, -0.25) is 4.79 Å². The maximum Gasteiger partial charge on any atom is 0.294 e. The molecular weight excluding hydrogens is 284 g/mol. The van der Waals surface area contributed by atoms with Gasteiger partial charge in [0.1, 0.15) is 5.69 Å². The molecule has 2 N–H and O–H groups in total. The Labute approximate surface area is 119 Å². The number of hydrogen-bond donors (Lipinski definition) is 1. The van der Waals surface area contributed by atoms with Gasteiger partial charge in [0.2, 0.25) is 5.16 Å². The quantitative estimate of drug-likeness (QED) is 0.694. The molecule has 1 aromatic heterocycles. The largest absolute Gasteiger partial charge is 0.334 e. The molecule has 0 spiro atoms. The van der Waals surface area contributed by atoms with Gasteiger partial charge in [-0.1, -0.05) is 41.6 Å². The number of hydrogen-bond acceptors (Lipinski definition) is 5. The van der Waals surface area contributed by atoms with Gasteiger partial charge >= 0.3 is 0 Å².